The first-order valence-corrected chi connectivity index (χ1v) is 10.7. The lowest BCUT2D eigenvalue weighted by Crippen LogP contribution is -2.30. The molecule has 1 N–H and O–H groups in total. The molecule has 0 aliphatic heterocycles. The first-order valence-electron chi connectivity index (χ1n) is 10.7. The van der Waals surface area contributed by atoms with Crippen LogP contribution in [0.3, 0.4) is 0 Å². The van der Waals surface area contributed by atoms with Crippen LogP contribution in [-0.2, 0) is 9.53 Å². The van der Waals surface area contributed by atoms with Gasteiger partial charge in [-0.2, -0.15) is 0 Å². The lowest BCUT2D eigenvalue weighted by atomic mass is 10.0. The number of carbonyl (C=O) groups is 2. The van der Waals surface area contributed by atoms with Crippen molar-refractivity contribution in [2.24, 2.45) is 0 Å². The summed E-state index contributed by atoms with van der Waals surface area (Å²) in [6.07, 6.45) is -1.11. The third-order valence-corrected chi connectivity index (χ3v) is 5.42. The second-order valence-corrected chi connectivity index (χ2v) is 7.67. The largest absolute Gasteiger partial charge is 0.495 e. The van der Waals surface area contributed by atoms with Crippen molar-refractivity contribution in [3.63, 3.8) is 0 Å². The minimum Gasteiger partial charge on any atom is -0.495 e. The average Bonchev–Trinajstić information content (AvgIpc) is 2.86. The molecule has 34 heavy (non-hydrogen) atoms. The van der Waals surface area contributed by atoms with Crippen LogP contribution in [0.4, 0.5) is 5.69 Å². The Kier molecular flexibility index (Phi) is 6.45. The van der Waals surface area contributed by atoms with E-state index >= 15 is 0 Å². The summed E-state index contributed by atoms with van der Waals surface area (Å²) in [4.78, 5) is 38.6. The molecule has 0 aliphatic carbocycles. The van der Waals surface area contributed by atoms with E-state index in [9.17, 15) is 14.4 Å². The first kappa shape index (κ1) is 22.8. The normalized spacial score (nSPS) is 11.6. The number of carbonyl (C=O) groups excluding carboxylic acids is 2. The van der Waals surface area contributed by atoms with Crippen LogP contribution in [-0.4, -0.2) is 25.1 Å². The molecule has 172 valence electrons. The lowest BCUT2D eigenvalue weighted by molar-refractivity contribution is -0.123. The fourth-order valence-electron chi connectivity index (χ4n) is 3.60. The van der Waals surface area contributed by atoms with Gasteiger partial charge in [0.1, 0.15) is 17.1 Å². The Morgan fingerprint density at radius 2 is 1.65 bits per heavy atom. The number of para-hydroxylation sites is 3. The fraction of sp³-hybridized carbons (Fsp3) is 0.148. The smallest absolute Gasteiger partial charge is 0.342 e. The molecule has 3 aromatic carbocycles. The summed E-state index contributed by atoms with van der Waals surface area (Å²) < 4.78 is 16.7. The highest BCUT2D eigenvalue weighted by Crippen LogP contribution is 2.28. The molecule has 0 unspecified atom stereocenters. The van der Waals surface area contributed by atoms with Crippen molar-refractivity contribution in [2.45, 2.75) is 20.0 Å². The molecule has 7 nitrogen and oxygen atoms in total. The molecule has 0 bridgehead atoms. The van der Waals surface area contributed by atoms with Gasteiger partial charge in [-0.1, -0.05) is 48.5 Å². The number of nitrogens with one attached hydrogen (secondary N) is 1. The zero-order valence-electron chi connectivity index (χ0n) is 19.0. The molecule has 1 amide bonds. The maximum atomic E-state index is 13.0. The van der Waals surface area contributed by atoms with E-state index in [1.54, 1.807) is 43.3 Å². The zero-order chi connectivity index (χ0) is 24.2. The third kappa shape index (κ3) is 4.41. The molecule has 0 aliphatic rings. The maximum absolute atomic E-state index is 13.0. The number of rotatable bonds is 6. The van der Waals surface area contributed by atoms with Crippen LogP contribution >= 0.6 is 0 Å². The van der Waals surface area contributed by atoms with Gasteiger partial charge in [0.15, 0.2) is 17.1 Å². The van der Waals surface area contributed by atoms with E-state index in [-0.39, 0.29) is 22.0 Å². The van der Waals surface area contributed by atoms with Crippen LogP contribution in [0.25, 0.3) is 22.3 Å². The van der Waals surface area contributed by atoms with Crippen molar-refractivity contribution < 1.29 is 23.5 Å². The molecular weight excluding hydrogens is 434 g/mol. The van der Waals surface area contributed by atoms with Crippen molar-refractivity contribution in [1.82, 2.24) is 0 Å². The number of benzene rings is 3. The maximum Gasteiger partial charge on any atom is 0.342 e. The second-order valence-electron chi connectivity index (χ2n) is 7.67. The monoisotopic (exact) mass is 457 g/mol. The number of esters is 1. The van der Waals surface area contributed by atoms with E-state index in [4.69, 9.17) is 13.9 Å². The van der Waals surface area contributed by atoms with Crippen molar-refractivity contribution in [3.8, 4) is 17.1 Å². The molecule has 0 saturated carbocycles. The fourth-order valence-corrected chi connectivity index (χ4v) is 3.60. The number of fused-ring (bicyclic) bond motifs is 1. The Labute approximate surface area is 195 Å². The summed E-state index contributed by atoms with van der Waals surface area (Å²) in [5, 5.41) is 2.95. The molecule has 4 aromatic rings. The van der Waals surface area contributed by atoms with Crippen molar-refractivity contribution >= 4 is 28.5 Å². The van der Waals surface area contributed by atoms with Crippen LogP contribution in [0.15, 0.2) is 82.0 Å². The summed E-state index contributed by atoms with van der Waals surface area (Å²) in [5.74, 6) is -0.450. The van der Waals surface area contributed by atoms with Gasteiger partial charge in [-0.15, -0.1) is 0 Å². The zero-order valence-corrected chi connectivity index (χ0v) is 19.0. The molecule has 0 saturated heterocycles. The van der Waals surface area contributed by atoms with E-state index in [0.717, 1.165) is 0 Å². The van der Waals surface area contributed by atoms with E-state index in [0.29, 0.717) is 28.3 Å². The molecule has 0 spiro atoms. The summed E-state index contributed by atoms with van der Waals surface area (Å²) in [7, 11) is 1.49. The van der Waals surface area contributed by atoms with Crippen LogP contribution in [0.5, 0.6) is 5.75 Å². The molecule has 0 fully saturated rings. The molecule has 1 atom stereocenters. The SMILES string of the molecule is COc1ccccc1NC(=O)[C@H](C)OC(=O)c1cccc2c(=O)c(C)c(-c3ccccc3)oc12. The van der Waals surface area contributed by atoms with Gasteiger partial charge in [0.25, 0.3) is 5.91 Å². The van der Waals surface area contributed by atoms with Crippen molar-refractivity contribution in [3.05, 3.63) is 94.1 Å². The number of amides is 1. The topological polar surface area (TPSA) is 94.8 Å². The van der Waals surface area contributed by atoms with Gasteiger partial charge in [-0.05, 0) is 38.1 Å². The van der Waals surface area contributed by atoms with E-state index in [1.165, 1.54) is 20.1 Å². The summed E-state index contributed by atoms with van der Waals surface area (Å²) >= 11 is 0. The average molecular weight is 457 g/mol. The number of ether oxygens (including phenoxy) is 2. The van der Waals surface area contributed by atoms with Crippen LogP contribution in [0.2, 0.25) is 0 Å². The van der Waals surface area contributed by atoms with E-state index in [2.05, 4.69) is 5.32 Å². The lowest BCUT2D eigenvalue weighted by Gasteiger charge is -2.16. The predicted octanol–water partition coefficient (Wildman–Crippen LogP) is 4.96. The van der Waals surface area contributed by atoms with E-state index in [1.807, 2.05) is 30.3 Å². The van der Waals surface area contributed by atoms with Gasteiger partial charge in [-0.3, -0.25) is 9.59 Å². The Morgan fingerprint density at radius 1 is 0.941 bits per heavy atom. The highest BCUT2D eigenvalue weighted by atomic mass is 16.5. The van der Waals surface area contributed by atoms with Gasteiger partial charge in [-0.25, -0.2) is 4.79 Å². The Morgan fingerprint density at radius 3 is 2.38 bits per heavy atom. The van der Waals surface area contributed by atoms with Gasteiger partial charge >= 0.3 is 5.97 Å². The summed E-state index contributed by atoms with van der Waals surface area (Å²) in [5.41, 5.74) is 1.54. The van der Waals surface area contributed by atoms with Gasteiger partial charge in [0.05, 0.1) is 18.2 Å². The highest BCUT2D eigenvalue weighted by Gasteiger charge is 2.24. The second kappa shape index (κ2) is 9.62. The summed E-state index contributed by atoms with van der Waals surface area (Å²) in [6, 6.07) is 20.8. The minimum absolute atomic E-state index is 0.0590. The first-order chi connectivity index (χ1) is 16.4. The van der Waals surface area contributed by atoms with Crippen LogP contribution in [0, 0.1) is 6.92 Å². The predicted molar refractivity (Wildman–Crippen MR) is 129 cm³/mol. The van der Waals surface area contributed by atoms with Crippen LogP contribution in [0.1, 0.15) is 22.8 Å². The molecule has 4 rings (SSSR count). The van der Waals surface area contributed by atoms with Crippen LogP contribution < -0.4 is 15.5 Å². The third-order valence-electron chi connectivity index (χ3n) is 5.42. The Bertz CT molecular complexity index is 1420. The van der Waals surface area contributed by atoms with Gasteiger partial charge < -0.3 is 19.2 Å². The standard InChI is InChI=1S/C27H23NO6/c1-16-23(29)19-12-9-13-20(25(19)34-24(16)18-10-5-4-6-11-18)27(31)33-17(2)26(30)28-21-14-7-8-15-22(21)32-3/h4-15,17H,1-3H3,(H,28,30)/t17-/m0/s1. The molecule has 1 aromatic heterocycles. The highest BCUT2D eigenvalue weighted by molar-refractivity contribution is 6.04. The van der Waals surface area contributed by atoms with Crippen molar-refractivity contribution in [2.75, 3.05) is 12.4 Å². The number of methoxy groups -OCH3 is 1. The number of hydrogen-bond acceptors (Lipinski definition) is 6. The quantitative estimate of drug-likeness (QED) is 0.411. The Hall–Kier alpha value is -4.39. The molecule has 0 radical (unpaired) electrons. The Balaban J connectivity index is 1.64. The van der Waals surface area contributed by atoms with E-state index < -0.39 is 18.0 Å². The van der Waals surface area contributed by atoms with Gasteiger partial charge in [0, 0.05) is 11.1 Å². The molecular formula is C27H23NO6. The summed E-state index contributed by atoms with van der Waals surface area (Å²) in [6.45, 7) is 3.15. The molecule has 7 heteroatoms. The van der Waals surface area contributed by atoms with Crippen molar-refractivity contribution in [1.29, 1.82) is 0 Å². The number of anilines is 1. The number of hydrogen-bond donors (Lipinski definition) is 1. The van der Waals surface area contributed by atoms with Gasteiger partial charge in [0.2, 0.25) is 0 Å². The molecule has 1 heterocycles. The minimum atomic E-state index is -1.11.